The second kappa shape index (κ2) is 8.28. The lowest BCUT2D eigenvalue weighted by Gasteiger charge is -2.10. The molecule has 2 N–H and O–H groups in total. The Balaban J connectivity index is 1.96. The molecule has 2 rings (SSSR count). The maximum Gasteiger partial charge on any atom is 0.339 e. The molecule has 1 aromatic heterocycles. The Bertz CT molecular complexity index is 755. The van der Waals surface area contributed by atoms with E-state index < -0.39 is 5.97 Å². The predicted molar refractivity (Wildman–Crippen MR) is 97.5 cm³/mol. The van der Waals surface area contributed by atoms with Crippen LogP contribution in [0.25, 0.3) is 0 Å². The average molecular weight is 341 g/mol. The SMILES string of the molecule is COC(=O)c1ccc(NCc2ccc(NC(=O)C(C)C)cc2)nc1C. The van der Waals surface area contributed by atoms with Crippen LogP contribution in [0, 0.1) is 12.8 Å². The van der Waals surface area contributed by atoms with Gasteiger partial charge in [0.05, 0.1) is 18.4 Å². The summed E-state index contributed by atoms with van der Waals surface area (Å²) in [6, 6.07) is 11.1. The zero-order valence-electron chi connectivity index (χ0n) is 14.9. The van der Waals surface area contributed by atoms with Crippen LogP contribution < -0.4 is 10.6 Å². The molecule has 6 heteroatoms. The summed E-state index contributed by atoms with van der Waals surface area (Å²) in [5, 5.41) is 6.07. The minimum Gasteiger partial charge on any atom is -0.465 e. The molecule has 1 amide bonds. The van der Waals surface area contributed by atoms with Gasteiger partial charge in [-0.3, -0.25) is 4.79 Å². The summed E-state index contributed by atoms with van der Waals surface area (Å²) in [4.78, 5) is 27.6. The number of nitrogens with one attached hydrogen (secondary N) is 2. The van der Waals surface area contributed by atoms with Crippen LogP contribution in [0.2, 0.25) is 0 Å². The number of hydrogen-bond acceptors (Lipinski definition) is 5. The fourth-order valence-corrected chi connectivity index (χ4v) is 2.17. The Labute approximate surface area is 147 Å². The summed E-state index contributed by atoms with van der Waals surface area (Å²) in [7, 11) is 1.35. The number of rotatable bonds is 6. The van der Waals surface area contributed by atoms with Crippen molar-refractivity contribution < 1.29 is 14.3 Å². The summed E-state index contributed by atoms with van der Waals surface area (Å²) in [5.74, 6) is 0.234. The number of anilines is 2. The van der Waals surface area contributed by atoms with Gasteiger partial charge in [0.1, 0.15) is 5.82 Å². The number of nitrogens with zero attached hydrogens (tertiary/aromatic N) is 1. The monoisotopic (exact) mass is 341 g/mol. The second-order valence-electron chi connectivity index (χ2n) is 6.02. The van der Waals surface area contributed by atoms with E-state index in [1.807, 2.05) is 38.1 Å². The smallest absolute Gasteiger partial charge is 0.339 e. The molecule has 0 aliphatic rings. The molecule has 0 spiro atoms. The van der Waals surface area contributed by atoms with Gasteiger partial charge in [0.25, 0.3) is 0 Å². The number of hydrogen-bond donors (Lipinski definition) is 2. The number of aromatic nitrogens is 1. The first-order valence-electron chi connectivity index (χ1n) is 8.10. The van der Waals surface area contributed by atoms with Crippen molar-refractivity contribution in [3.05, 3.63) is 53.2 Å². The number of ether oxygens (including phenoxy) is 1. The first-order valence-corrected chi connectivity index (χ1v) is 8.10. The Morgan fingerprint density at radius 3 is 2.36 bits per heavy atom. The van der Waals surface area contributed by atoms with Crippen molar-refractivity contribution in [1.29, 1.82) is 0 Å². The zero-order valence-corrected chi connectivity index (χ0v) is 14.9. The quantitative estimate of drug-likeness (QED) is 0.787. The van der Waals surface area contributed by atoms with Crippen molar-refractivity contribution in [3.63, 3.8) is 0 Å². The van der Waals surface area contributed by atoms with Gasteiger partial charge in [-0.15, -0.1) is 0 Å². The van der Waals surface area contributed by atoms with Crippen LogP contribution in [0.3, 0.4) is 0 Å². The molecule has 0 bridgehead atoms. The summed E-state index contributed by atoms with van der Waals surface area (Å²) >= 11 is 0. The van der Waals surface area contributed by atoms with E-state index in [0.717, 1.165) is 11.3 Å². The van der Waals surface area contributed by atoms with Gasteiger partial charge in [-0.05, 0) is 36.8 Å². The van der Waals surface area contributed by atoms with Gasteiger partial charge in [0.2, 0.25) is 5.91 Å². The molecule has 25 heavy (non-hydrogen) atoms. The van der Waals surface area contributed by atoms with Gasteiger partial charge in [0, 0.05) is 18.2 Å². The zero-order chi connectivity index (χ0) is 18.4. The van der Waals surface area contributed by atoms with Crippen molar-refractivity contribution >= 4 is 23.4 Å². The number of carbonyl (C=O) groups excluding carboxylic acids is 2. The number of esters is 1. The summed E-state index contributed by atoms with van der Waals surface area (Å²) in [5.41, 5.74) is 2.90. The van der Waals surface area contributed by atoms with Crippen molar-refractivity contribution in [2.45, 2.75) is 27.3 Å². The van der Waals surface area contributed by atoms with Gasteiger partial charge in [-0.25, -0.2) is 9.78 Å². The third-order valence-electron chi connectivity index (χ3n) is 3.71. The number of pyridine rings is 1. The highest BCUT2D eigenvalue weighted by Crippen LogP contribution is 2.15. The molecule has 0 radical (unpaired) electrons. The second-order valence-corrected chi connectivity index (χ2v) is 6.02. The molecule has 0 saturated carbocycles. The van der Waals surface area contributed by atoms with E-state index in [-0.39, 0.29) is 11.8 Å². The molecular formula is C19H23N3O3. The van der Waals surface area contributed by atoms with Crippen LogP contribution in [-0.2, 0) is 16.1 Å². The largest absolute Gasteiger partial charge is 0.465 e. The van der Waals surface area contributed by atoms with Crippen LogP contribution in [0.4, 0.5) is 11.5 Å². The van der Waals surface area contributed by atoms with E-state index >= 15 is 0 Å². The minimum atomic E-state index is -0.393. The molecule has 0 unspecified atom stereocenters. The lowest BCUT2D eigenvalue weighted by atomic mass is 10.1. The van der Waals surface area contributed by atoms with Gasteiger partial charge in [-0.2, -0.15) is 0 Å². The van der Waals surface area contributed by atoms with Crippen LogP contribution in [0.5, 0.6) is 0 Å². The molecule has 0 saturated heterocycles. The van der Waals surface area contributed by atoms with Gasteiger partial charge >= 0.3 is 5.97 Å². The molecule has 1 heterocycles. The van der Waals surface area contributed by atoms with Crippen molar-refractivity contribution in [2.24, 2.45) is 5.92 Å². The molecule has 0 fully saturated rings. The Kier molecular flexibility index (Phi) is 6.11. The molecular weight excluding hydrogens is 318 g/mol. The third-order valence-corrected chi connectivity index (χ3v) is 3.71. The molecule has 2 aromatic rings. The summed E-state index contributed by atoms with van der Waals surface area (Å²) < 4.78 is 4.71. The number of methoxy groups -OCH3 is 1. The lowest BCUT2D eigenvalue weighted by Crippen LogP contribution is -2.17. The Morgan fingerprint density at radius 1 is 1.12 bits per heavy atom. The van der Waals surface area contributed by atoms with Gasteiger partial charge in [0.15, 0.2) is 0 Å². The topological polar surface area (TPSA) is 80.3 Å². The van der Waals surface area contributed by atoms with Crippen LogP contribution >= 0.6 is 0 Å². The van der Waals surface area contributed by atoms with Crippen LogP contribution in [0.15, 0.2) is 36.4 Å². The van der Waals surface area contributed by atoms with E-state index in [1.54, 1.807) is 19.1 Å². The standard InChI is InChI=1S/C19H23N3O3/c1-12(2)18(23)22-15-7-5-14(6-8-15)11-20-17-10-9-16(13(3)21-17)19(24)25-4/h5-10,12H,11H2,1-4H3,(H,20,21)(H,22,23). The third kappa shape index (κ3) is 5.04. The van der Waals surface area contributed by atoms with Crippen LogP contribution in [-0.4, -0.2) is 24.0 Å². The average Bonchev–Trinajstić information content (AvgIpc) is 2.60. The first-order chi connectivity index (χ1) is 11.9. The highest BCUT2D eigenvalue weighted by atomic mass is 16.5. The van der Waals surface area contributed by atoms with Gasteiger partial charge < -0.3 is 15.4 Å². The molecule has 0 aliphatic heterocycles. The number of carbonyl (C=O) groups is 2. The molecule has 6 nitrogen and oxygen atoms in total. The fourth-order valence-electron chi connectivity index (χ4n) is 2.17. The van der Waals surface area contributed by atoms with E-state index in [9.17, 15) is 9.59 Å². The number of benzene rings is 1. The maximum atomic E-state index is 11.7. The van der Waals surface area contributed by atoms with Crippen molar-refractivity contribution in [3.8, 4) is 0 Å². The molecule has 1 aromatic carbocycles. The minimum absolute atomic E-state index is 0.00348. The summed E-state index contributed by atoms with van der Waals surface area (Å²) in [6.45, 7) is 6.06. The lowest BCUT2D eigenvalue weighted by molar-refractivity contribution is -0.118. The van der Waals surface area contributed by atoms with Gasteiger partial charge in [-0.1, -0.05) is 26.0 Å². The highest BCUT2D eigenvalue weighted by Gasteiger charge is 2.10. The molecule has 132 valence electrons. The summed E-state index contributed by atoms with van der Waals surface area (Å²) in [6.07, 6.45) is 0. The van der Waals surface area contributed by atoms with E-state index in [1.165, 1.54) is 7.11 Å². The van der Waals surface area contributed by atoms with Crippen LogP contribution in [0.1, 0.15) is 35.5 Å². The number of amides is 1. The highest BCUT2D eigenvalue weighted by molar-refractivity contribution is 5.92. The fraction of sp³-hybridized carbons (Fsp3) is 0.316. The van der Waals surface area contributed by atoms with E-state index in [4.69, 9.17) is 4.74 Å². The van der Waals surface area contributed by atoms with E-state index in [0.29, 0.717) is 23.6 Å². The maximum absolute atomic E-state index is 11.7. The Hall–Kier alpha value is -2.89. The van der Waals surface area contributed by atoms with Crippen molar-refractivity contribution in [2.75, 3.05) is 17.7 Å². The normalized spacial score (nSPS) is 10.4. The Morgan fingerprint density at radius 2 is 1.80 bits per heavy atom. The predicted octanol–water partition coefficient (Wildman–Crippen LogP) is 3.38. The number of aryl methyl sites for hydroxylation is 1. The van der Waals surface area contributed by atoms with Crippen molar-refractivity contribution in [1.82, 2.24) is 4.98 Å². The molecule has 0 aliphatic carbocycles. The molecule has 0 atom stereocenters. The first kappa shape index (κ1) is 18.4. The van der Waals surface area contributed by atoms with E-state index in [2.05, 4.69) is 15.6 Å².